The molecule has 1 aromatic carbocycles. The van der Waals surface area contributed by atoms with Crippen LogP contribution in [0, 0.1) is 0 Å². The maximum absolute atomic E-state index is 12.5. The van der Waals surface area contributed by atoms with Crippen LogP contribution in [0.25, 0.3) is 0 Å². The Labute approximate surface area is 173 Å². The Morgan fingerprint density at radius 2 is 1.86 bits per heavy atom. The van der Waals surface area contributed by atoms with Crippen LogP contribution in [-0.4, -0.2) is 35.7 Å². The molecule has 0 spiro atoms. The zero-order valence-corrected chi connectivity index (χ0v) is 17.7. The minimum absolute atomic E-state index is 0.0573. The Morgan fingerprint density at radius 3 is 2.54 bits per heavy atom. The number of benzene rings is 1. The molecule has 1 aromatic heterocycles. The van der Waals surface area contributed by atoms with Crippen molar-refractivity contribution in [1.29, 1.82) is 0 Å². The van der Waals surface area contributed by atoms with Gasteiger partial charge >= 0.3 is 5.97 Å². The van der Waals surface area contributed by atoms with Crippen LogP contribution in [0.3, 0.4) is 0 Å². The van der Waals surface area contributed by atoms with Crippen molar-refractivity contribution in [2.75, 3.05) is 5.75 Å². The van der Waals surface area contributed by atoms with Crippen LogP contribution in [0.5, 0.6) is 0 Å². The van der Waals surface area contributed by atoms with Crippen LogP contribution in [-0.2, 0) is 20.9 Å². The molecule has 0 saturated heterocycles. The van der Waals surface area contributed by atoms with Crippen LogP contribution in [0.4, 0.5) is 0 Å². The number of hydrogen-bond acceptors (Lipinski definition) is 6. The average molecular weight is 421 g/mol. The molecule has 150 valence electrons. The van der Waals surface area contributed by atoms with Gasteiger partial charge in [0.15, 0.2) is 6.10 Å². The Balaban J connectivity index is 1.92. The average Bonchev–Trinajstić information content (AvgIpc) is 3.17. The molecule has 1 atom stereocenters. The number of hydrogen-bond donors (Lipinski definition) is 2. The first kappa shape index (κ1) is 22.0. The predicted molar refractivity (Wildman–Crippen MR) is 111 cm³/mol. The topological polar surface area (TPSA) is 84.5 Å². The fourth-order valence-corrected chi connectivity index (χ4v) is 3.77. The molecule has 2 aromatic rings. The Morgan fingerprint density at radius 1 is 1.11 bits per heavy atom. The van der Waals surface area contributed by atoms with Crippen molar-refractivity contribution < 1.29 is 19.1 Å². The zero-order chi connectivity index (χ0) is 20.5. The van der Waals surface area contributed by atoms with Gasteiger partial charge in [-0.25, -0.2) is 4.79 Å². The zero-order valence-electron chi connectivity index (χ0n) is 16.1. The lowest BCUT2D eigenvalue weighted by Crippen LogP contribution is -2.35. The van der Waals surface area contributed by atoms with Crippen LogP contribution in [0.15, 0.2) is 46.7 Å². The van der Waals surface area contributed by atoms with Gasteiger partial charge in [-0.1, -0.05) is 18.2 Å². The van der Waals surface area contributed by atoms with Gasteiger partial charge in [-0.3, -0.25) is 9.59 Å². The Kier molecular flexibility index (Phi) is 8.53. The molecule has 1 heterocycles. The summed E-state index contributed by atoms with van der Waals surface area (Å²) in [5.74, 6) is -0.863. The van der Waals surface area contributed by atoms with E-state index in [9.17, 15) is 14.4 Å². The number of thioether (sulfide) groups is 1. The quantitative estimate of drug-likeness (QED) is 0.481. The number of carbonyl (C=O) groups excluding carboxylic acids is 3. The van der Waals surface area contributed by atoms with E-state index in [-0.39, 0.29) is 23.6 Å². The first-order valence-corrected chi connectivity index (χ1v) is 10.8. The maximum atomic E-state index is 12.5. The van der Waals surface area contributed by atoms with Crippen LogP contribution in [0.2, 0.25) is 0 Å². The first-order valence-electron chi connectivity index (χ1n) is 8.89. The highest BCUT2D eigenvalue weighted by Gasteiger charge is 2.21. The fraction of sp³-hybridized carbons (Fsp3) is 0.350. The summed E-state index contributed by atoms with van der Waals surface area (Å²) >= 11 is 2.80. The van der Waals surface area contributed by atoms with Gasteiger partial charge in [0.2, 0.25) is 5.91 Å². The van der Waals surface area contributed by atoms with Gasteiger partial charge in [0.05, 0.1) is 17.9 Å². The summed E-state index contributed by atoms with van der Waals surface area (Å²) in [5.41, 5.74) is 0.336. The van der Waals surface area contributed by atoms with Gasteiger partial charge in [-0.2, -0.15) is 0 Å². The van der Waals surface area contributed by atoms with E-state index in [0.29, 0.717) is 17.0 Å². The van der Waals surface area contributed by atoms with Gasteiger partial charge in [-0.05, 0) is 44.4 Å². The number of ether oxygens (including phenoxy) is 1. The van der Waals surface area contributed by atoms with E-state index < -0.39 is 12.1 Å². The third kappa shape index (κ3) is 7.01. The molecule has 0 bridgehead atoms. The minimum atomic E-state index is -0.922. The fourth-order valence-electron chi connectivity index (χ4n) is 2.28. The van der Waals surface area contributed by atoms with E-state index in [0.717, 1.165) is 4.88 Å². The monoisotopic (exact) mass is 420 g/mol. The lowest BCUT2D eigenvalue weighted by atomic mass is 10.2. The molecule has 2 rings (SSSR count). The highest BCUT2D eigenvalue weighted by atomic mass is 32.2. The van der Waals surface area contributed by atoms with Crippen molar-refractivity contribution >= 4 is 40.9 Å². The predicted octanol–water partition coefficient (Wildman–Crippen LogP) is 3.23. The molecule has 0 radical (unpaired) electrons. The number of rotatable bonds is 9. The van der Waals surface area contributed by atoms with E-state index in [1.807, 2.05) is 31.4 Å². The Bertz CT molecular complexity index is 806. The summed E-state index contributed by atoms with van der Waals surface area (Å²) in [6, 6.07) is 10.8. The summed E-state index contributed by atoms with van der Waals surface area (Å²) in [7, 11) is 0. The Hall–Kier alpha value is -2.32. The summed E-state index contributed by atoms with van der Waals surface area (Å²) in [6.07, 6.45) is -0.922. The molecular formula is C20H24N2O4S2. The van der Waals surface area contributed by atoms with E-state index in [2.05, 4.69) is 10.6 Å². The molecular weight excluding hydrogens is 396 g/mol. The highest BCUT2D eigenvalue weighted by molar-refractivity contribution is 8.00. The van der Waals surface area contributed by atoms with Crippen LogP contribution < -0.4 is 10.6 Å². The number of thiophene rings is 1. The van der Waals surface area contributed by atoms with Crippen molar-refractivity contribution in [3.05, 3.63) is 52.2 Å². The van der Waals surface area contributed by atoms with Crippen molar-refractivity contribution in [3.8, 4) is 0 Å². The molecule has 0 aliphatic rings. The molecule has 28 heavy (non-hydrogen) atoms. The lowest BCUT2D eigenvalue weighted by Gasteiger charge is -2.15. The van der Waals surface area contributed by atoms with E-state index >= 15 is 0 Å². The molecule has 0 fully saturated rings. The minimum Gasteiger partial charge on any atom is -0.449 e. The summed E-state index contributed by atoms with van der Waals surface area (Å²) in [4.78, 5) is 38.2. The van der Waals surface area contributed by atoms with Gasteiger partial charge in [0, 0.05) is 15.8 Å². The normalized spacial score (nSPS) is 11.7. The highest BCUT2D eigenvalue weighted by Crippen LogP contribution is 2.23. The van der Waals surface area contributed by atoms with Crippen LogP contribution in [0.1, 0.15) is 36.0 Å². The summed E-state index contributed by atoms with van der Waals surface area (Å²) in [6.45, 7) is 5.71. The van der Waals surface area contributed by atoms with Crippen molar-refractivity contribution in [2.24, 2.45) is 0 Å². The van der Waals surface area contributed by atoms with Gasteiger partial charge in [0.1, 0.15) is 0 Å². The second kappa shape index (κ2) is 10.9. The van der Waals surface area contributed by atoms with Crippen LogP contribution >= 0.6 is 23.1 Å². The molecule has 0 aliphatic carbocycles. The van der Waals surface area contributed by atoms with Crippen molar-refractivity contribution in [3.63, 3.8) is 0 Å². The number of nitrogens with one attached hydrogen (secondary N) is 2. The van der Waals surface area contributed by atoms with Crippen molar-refractivity contribution in [1.82, 2.24) is 10.6 Å². The SMILES string of the molecule is CC(C)NC(=O)CSc1ccccc1C(=O)O[C@H](C)C(=O)NCc1cccs1. The van der Waals surface area contributed by atoms with Gasteiger partial charge in [0.25, 0.3) is 5.91 Å². The van der Waals surface area contributed by atoms with E-state index in [1.54, 1.807) is 35.6 Å². The second-order valence-corrected chi connectivity index (χ2v) is 8.40. The number of amides is 2. The number of carbonyl (C=O) groups is 3. The third-order valence-electron chi connectivity index (χ3n) is 3.59. The van der Waals surface area contributed by atoms with Gasteiger partial charge in [-0.15, -0.1) is 23.1 Å². The summed E-state index contributed by atoms with van der Waals surface area (Å²) in [5, 5.41) is 7.49. The molecule has 2 N–H and O–H groups in total. The summed E-state index contributed by atoms with van der Waals surface area (Å²) < 4.78 is 5.32. The maximum Gasteiger partial charge on any atom is 0.340 e. The molecule has 6 nitrogen and oxygen atoms in total. The van der Waals surface area contributed by atoms with E-state index in [4.69, 9.17) is 4.74 Å². The number of esters is 1. The standard InChI is InChI=1S/C20H24N2O4S2/c1-13(2)22-18(23)12-28-17-9-5-4-8-16(17)20(25)26-14(3)19(24)21-11-15-7-6-10-27-15/h4-10,13-14H,11-12H2,1-3H3,(H,21,24)(H,22,23)/t14-/m1/s1. The molecule has 0 unspecified atom stereocenters. The molecule has 2 amide bonds. The molecule has 0 saturated carbocycles. The molecule has 8 heteroatoms. The third-order valence-corrected chi connectivity index (χ3v) is 5.54. The first-order chi connectivity index (χ1) is 13.4. The molecule has 0 aliphatic heterocycles. The van der Waals surface area contributed by atoms with Crippen molar-refractivity contribution in [2.45, 2.75) is 44.4 Å². The van der Waals surface area contributed by atoms with Gasteiger partial charge < -0.3 is 15.4 Å². The lowest BCUT2D eigenvalue weighted by molar-refractivity contribution is -0.129. The second-order valence-electron chi connectivity index (χ2n) is 6.35. The largest absolute Gasteiger partial charge is 0.449 e. The van der Waals surface area contributed by atoms with E-state index in [1.165, 1.54) is 18.7 Å². The smallest absolute Gasteiger partial charge is 0.340 e.